The van der Waals surface area contributed by atoms with Crippen molar-refractivity contribution >= 4 is 27.8 Å². The highest BCUT2D eigenvalue weighted by Crippen LogP contribution is 2.20. The van der Waals surface area contributed by atoms with Crippen LogP contribution < -0.4 is 10.6 Å². The molecule has 0 saturated heterocycles. The molecule has 0 radical (unpaired) electrons. The van der Waals surface area contributed by atoms with Crippen LogP contribution in [0.25, 0.3) is 0 Å². The number of hydrogen-bond acceptors (Lipinski definition) is 0. The van der Waals surface area contributed by atoms with Gasteiger partial charge in [-0.25, -0.2) is 0 Å². The lowest BCUT2D eigenvalue weighted by Crippen LogP contribution is -2.15. The molecule has 0 bridgehead atoms. The second-order valence-corrected chi connectivity index (χ2v) is 9.96. The Bertz CT molecular complexity index is 348. The van der Waals surface area contributed by atoms with Crippen LogP contribution in [0, 0.1) is 11.8 Å². The SMILES string of the molecule is CC(C)CCCCPc1ccccc1PCCCCC(C)C. The third-order valence-electron chi connectivity index (χ3n) is 3.97. The summed E-state index contributed by atoms with van der Waals surface area (Å²) >= 11 is 0. The first kappa shape index (κ1) is 20.1. The molecule has 0 aliphatic rings. The van der Waals surface area contributed by atoms with E-state index in [1.807, 2.05) is 0 Å². The van der Waals surface area contributed by atoms with Gasteiger partial charge in [-0.3, -0.25) is 0 Å². The third kappa shape index (κ3) is 9.97. The fourth-order valence-electron chi connectivity index (χ4n) is 2.59. The second-order valence-electron chi connectivity index (χ2n) is 7.18. The van der Waals surface area contributed by atoms with E-state index in [4.69, 9.17) is 0 Å². The van der Waals surface area contributed by atoms with E-state index < -0.39 is 0 Å². The van der Waals surface area contributed by atoms with Crippen LogP contribution in [0.2, 0.25) is 0 Å². The molecule has 2 heteroatoms. The van der Waals surface area contributed by atoms with Gasteiger partial charge in [-0.05, 0) is 47.6 Å². The summed E-state index contributed by atoms with van der Waals surface area (Å²) in [5.41, 5.74) is 0. The molecule has 1 rings (SSSR count). The lowest BCUT2D eigenvalue weighted by Gasteiger charge is -2.10. The first-order valence-electron chi connectivity index (χ1n) is 9.16. The van der Waals surface area contributed by atoms with Gasteiger partial charge in [-0.2, -0.15) is 0 Å². The smallest absolute Gasteiger partial charge is 0.0198 e. The van der Waals surface area contributed by atoms with Gasteiger partial charge in [0.05, 0.1) is 0 Å². The van der Waals surface area contributed by atoms with Crippen LogP contribution in [-0.4, -0.2) is 12.3 Å². The fourth-order valence-corrected chi connectivity index (χ4v) is 5.49. The van der Waals surface area contributed by atoms with E-state index >= 15 is 0 Å². The van der Waals surface area contributed by atoms with Gasteiger partial charge in [-0.15, -0.1) is 0 Å². The first-order chi connectivity index (χ1) is 10.6. The second kappa shape index (κ2) is 12.5. The Balaban J connectivity index is 2.26. The van der Waals surface area contributed by atoms with E-state index in [-0.39, 0.29) is 0 Å². The quantitative estimate of drug-likeness (QED) is 0.326. The molecule has 126 valence electrons. The molecule has 0 spiro atoms. The summed E-state index contributed by atoms with van der Waals surface area (Å²) in [7, 11) is 2.04. The molecule has 0 aromatic heterocycles. The average Bonchev–Trinajstić information content (AvgIpc) is 2.47. The minimum Gasteiger partial charge on any atom is -0.0897 e. The standard InChI is InChI=1S/C20H36P2/c1-17(2)11-7-9-15-21-19-13-5-6-14-20(19)22-16-10-8-12-18(3)4/h5-6,13-14,17-18,21-22H,7-12,15-16H2,1-4H3. The van der Waals surface area contributed by atoms with Crippen molar-refractivity contribution in [3.05, 3.63) is 24.3 Å². The topological polar surface area (TPSA) is 0 Å². The van der Waals surface area contributed by atoms with E-state index in [9.17, 15) is 0 Å². The predicted molar refractivity (Wildman–Crippen MR) is 109 cm³/mol. The molecule has 0 fully saturated rings. The van der Waals surface area contributed by atoms with E-state index in [0.717, 1.165) is 29.0 Å². The number of rotatable bonds is 12. The van der Waals surface area contributed by atoms with Crippen LogP contribution in [0.3, 0.4) is 0 Å². The van der Waals surface area contributed by atoms with Crippen molar-refractivity contribution in [2.75, 3.05) is 12.3 Å². The van der Waals surface area contributed by atoms with Gasteiger partial charge in [0.25, 0.3) is 0 Å². The summed E-state index contributed by atoms with van der Waals surface area (Å²) in [6, 6.07) is 9.20. The van der Waals surface area contributed by atoms with Gasteiger partial charge in [0, 0.05) is 0 Å². The van der Waals surface area contributed by atoms with Crippen molar-refractivity contribution in [1.29, 1.82) is 0 Å². The number of hydrogen-bond donors (Lipinski definition) is 0. The molecule has 0 aliphatic heterocycles. The highest BCUT2D eigenvalue weighted by Gasteiger charge is 2.03. The lowest BCUT2D eigenvalue weighted by atomic mass is 10.1. The van der Waals surface area contributed by atoms with E-state index in [1.165, 1.54) is 50.8 Å². The fraction of sp³-hybridized carbons (Fsp3) is 0.700. The molecular weight excluding hydrogens is 302 g/mol. The normalized spacial score (nSPS) is 12.6. The summed E-state index contributed by atoms with van der Waals surface area (Å²) in [6.45, 7) is 9.33. The van der Waals surface area contributed by atoms with Gasteiger partial charge in [0.15, 0.2) is 0 Å². The average molecular weight is 338 g/mol. The van der Waals surface area contributed by atoms with Gasteiger partial charge in [-0.1, -0.05) is 94.8 Å². The van der Waals surface area contributed by atoms with Gasteiger partial charge < -0.3 is 0 Å². The Morgan fingerprint density at radius 2 is 1.09 bits per heavy atom. The van der Waals surface area contributed by atoms with Crippen molar-refractivity contribution in [1.82, 2.24) is 0 Å². The Morgan fingerprint density at radius 3 is 1.45 bits per heavy atom. The van der Waals surface area contributed by atoms with Crippen LogP contribution in [0.1, 0.15) is 66.2 Å². The molecule has 0 amide bonds. The molecule has 0 saturated carbocycles. The van der Waals surface area contributed by atoms with Gasteiger partial charge >= 0.3 is 0 Å². The molecular formula is C20H36P2. The molecule has 0 aliphatic carbocycles. The van der Waals surface area contributed by atoms with Crippen molar-refractivity contribution in [3.8, 4) is 0 Å². The lowest BCUT2D eigenvalue weighted by molar-refractivity contribution is 0.551. The largest absolute Gasteiger partial charge is 0.0897 e. The molecule has 2 unspecified atom stereocenters. The van der Waals surface area contributed by atoms with Crippen LogP contribution in [0.15, 0.2) is 24.3 Å². The first-order valence-corrected chi connectivity index (χ1v) is 11.6. The van der Waals surface area contributed by atoms with Crippen LogP contribution in [0.4, 0.5) is 0 Å². The zero-order valence-electron chi connectivity index (χ0n) is 15.1. The summed E-state index contributed by atoms with van der Waals surface area (Å²) in [5.74, 6) is 1.73. The van der Waals surface area contributed by atoms with Crippen molar-refractivity contribution in [2.24, 2.45) is 11.8 Å². The van der Waals surface area contributed by atoms with E-state index in [2.05, 4.69) is 52.0 Å². The summed E-state index contributed by atoms with van der Waals surface area (Å²) < 4.78 is 0. The molecule has 0 heterocycles. The maximum atomic E-state index is 2.37. The number of unbranched alkanes of at least 4 members (excludes halogenated alkanes) is 2. The molecule has 1 aromatic carbocycles. The van der Waals surface area contributed by atoms with E-state index in [0.29, 0.717) is 0 Å². The van der Waals surface area contributed by atoms with E-state index in [1.54, 1.807) is 10.6 Å². The van der Waals surface area contributed by atoms with Crippen LogP contribution in [-0.2, 0) is 0 Å². The zero-order valence-corrected chi connectivity index (χ0v) is 17.1. The van der Waals surface area contributed by atoms with Crippen LogP contribution in [0.5, 0.6) is 0 Å². The Morgan fingerprint density at radius 1 is 0.682 bits per heavy atom. The number of benzene rings is 1. The highest BCUT2D eigenvalue weighted by atomic mass is 31.1. The molecule has 1 aromatic rings. The van der Waals surface area contributed by atoms with Gasteiger partial charge in [0.2, 0.25) is 0 Å². The van der Waals surface area contributed by atoms with Gasteiger partial charge in [0.1, 0.15) is 0 Å². The highest BCUT2D eigenvalue weighted by molar-refractivity contribution is 7.54. The van der Waals surface area contributed by atoms with Crippen molar-refractivity contribution in [3.63, 3.8) is 0 Å². The zero-order chi connectivity index (χ0) is 16.2. The maximum Gasteiger partial charge on any atom is -0.0198 e. The monoisotopic (exact) mass is 338 g/mol. The predicted octanol–water partition coefficient (Wildman–Crippen LogP) is 5.95. The Labute approximate surface area is 142 Å². The Hall–Kier alpha value is 0.0800. The minimum atomic E-state index is 0.864. The van der Waals surface area contributed by atoms with Crippen molar-refractivity contribution in [2.45, 2.75) is 66.2 Å². The summed E-state index contributed by atoms with van der Waals surface area (Å²) in [5, 5.41) is 3.29. The molecule has 22 heavy (non-hydrogen) atoms. The molecule has 0 N–H and O–H groups in total. The van der Waals surface area contributed by atoms with Crippen molar-refractivity contribution < 1.29 is 0 Å². The summed E-state index contributed by atoms with van der Waals surface area (Å²) in [6.07, 6.45) is 11.2. The Kier molecular flexibility index (Phi) is 11.4. The molecule has 2 atom stereocenters. The third-order valence-corrected chi connectivity index (χ3v) is 7.07. The summed E-state index contributed by atoms with van der Waals surface area (Å²) in [4.78, 5) is 0. The maximum absolute atomic E-state index is 2.37. The minimum absolute atomic E-state index is 0.864. The van der Waals surface area contributed by atoms with Crippen LogP contribution >= 0.6 is 17.2 Å². The molecule has 0 nitrogen and oxygen atoms in total.